The average molecular weight is 326 g/mol. The maximum atomic E-state index is 9.80. The Morgan fingerprint density at radius 3 is 3.04 bits per heavy atom. The molecule has 126 valence electrons. The van der Waals surface area contributed by atoms with E-state index in [0.717, 1.165) is 38.3 Å². The second kappa shape index (κ2) is 6.39. The van der Waals surface area contributed by atoms with Crippen molar-refractivity contribution in [1.82, 2.24) is 19.7 Å². The van der Waals surface area contributed by atoms with Crippen molar-refractivity contribution < 1.29 is 10.2 Å². The zero-order valence-electron chi connectivity index (χ0n) is 13.5. The number of para-hydroxylation sites is 1. The van der Waals surface area contributed by atoms with Gasteiger partial charge in [-0.2, -0.15) is 5.10 Å². The van der Waals surface area contributed by atoms with Crippen LogP contribution in [0.1, 0.15) is 29.5 Å². The number of aliphatic hydroxyl groups is 2. The lowest BCUT2D eigenvalue weighted by molar-refractivity contribution is 0.0916. The van der Waals surface area contributed by atoms with Crippen LogP contribution >= 0.6 is 0 Å². The molecule has 0 radical (unpaired) electrons. The SMILES string of the molecule is OCC(O)c1cc2n(n1)CCCN(Cc1cccc3cc[nH]c13)C2. The van der Waals surface area contributed by atoms with Gasteiger partial charge in [-0.3, -0.25) is 9.58 Å². The Kier molecular flexibility index (Phi) is 4.10. The molecule has 1 aromatic carbocycles. The fourth-order valence-corrected chi connectivity index (χ4v) is 3.46. The van der Waals surface area contributed by atoms with E-state index in [2.05, 4.69) is 39.2 Å². The van der Waals surface area contributed by atoms with Gasteiger partial charge in [0.05, 0.1) is 18.0 Å². The largest absolute Gasteiger partial charge is 0.393 e. The van der Waals surface area contributed by atoms with Crippen LogP contribution in [0.25, 0.3) is 10.9 Å². The zero-order valence-corrected chi connectivity index (χ0v) is 13.5. The highest BCUT2D eigenvalue weighted by Crippen LogP contribution is 2.22. The maximum absolute atomic E-state index is 9.80. The van der Waals surface area contributed by atoms with Crippen molar-refractivity contribution in [1.29, 1.82) is 0 Å². The summed E-state index contributed by atoms with van der Waals surface area (Å²) in [6, 6.07) is 10.4. The van der Waals surface area contributed by atoms with Crippen molar-refractivity contribution in [2.45, 2.75) is 32.2 Å². The molecule has 0 bridgehead atoms. The number of aliphatic hydroxyl groups excluding tert-OH is 2. The van der Waals surface area contributed by atoms with Crippen LogP contribution in [0.4, 0.5) is 0 Å². The van der Waals surface area contributed by atoms with Crippen molar-refractivity contribution in [3.63, 3.8) is 0 Å². The van der Waals surface area contributed by atoms with Crippen LogP contribution < -0.4 is 0 Å². The summed E-state index contributed by atoms with van der Waals surface area (Å²) < 4.78 is 1.96. The van der Waals surface area contributed by atoms with E-state index in [-0.39, 0.29) is 6.61 Å². The fraction of sp³-hybridized carbons (Fsp3) is 0.389. The number of fused-ring (bicyclic) bond motifs is 2. The molecule has 6 nitrogen and oxygen atoms in total. The highest BCUT2D eigenvalue weighted by Gasteiger charge is 2.20. The van der Waals surface area contributed by atoms with E-state index in [0.29, 0.717) is 5.69 Å². The second-order valence-corrected chi connectivity index (χ2v) is 6.41. The lowest BCUT2D eigenvalue weighted by Gasteiger charge is -2.20. The second-order valence-electron chi connectivity index (χ2n) is 6.41. The van der Waals surface area contributed by atoms with Crippen LogP contribution in [-0.4, -0.2) is 43.0 Å². The van der Waals surface area contributed by atoms with Gasteiger partial charge in [0.1, 0.15) is 6.10 Å². The molecule has 3 heterocycles. The van der Waals surface area contributed by atoms with Crippen molar-refractivity contribution in [2.75, 3.05) is 13.2 Å². The van der Waals surface area contributed by atoms with Gasteiger partial charge in [0.15, 0.2) is 0 Å². The Bertz CT molecular complexity index is 839. The first-order valence-corrected chi connectivity index (χ1v) is 8.37. The summed E-state index contributed by atoms with van der Waals surface area (Å²) in [6.45, 7) is 3.23. The molecular formula is C18H22N4O2. The van der Waals surface area contributed by atoms with Crippen molar-refractivity contribution in [3.8, 4) is 0 Å². The summed E-state index contributed by atoms with van der Waals surface area (Å²) in [5.74, 6) is 0. The molecular weight excluding hydrogens is 304 g/mol. The molecule has 2 aromatic heterocycles. The molecule has 3 N–H and O–H groups in total. The molecule has 1 aliphatic heterocycles. The third-order valence-corrected chi connectivity index (χ3v) is 4.69. The van der Waals surface area contributed by atoms with Crippen LogP contribution in [-0.2, 0) is 19.6 Å². The predicted octanol–water partition coefficient (Wildman–Crippen LogP) is 1.80. The van der Waals surface area contributed by atoms with Crippen LogP contribution in [0, 0.1) is 0 Å². The Balaban J connectivity index is 1.57. The molecule has 3 aromatic rings. The number of benzene rings is 1. The van der Waals surface area contributed by atoms with Gasteiger partial charge in [-0.25, -0.2) is 0 Å². The molecule has 0 spiro atoms. The van der Waals surface area contributed by atoms with Crippen LogP contribution in [0.3, 0.4) is 0 Å². The number of aromatic nitrogens is 3. The normalized spacial score (nSPS) is 16.9. The zero-order chi connectivity index (χ0) is 16.5. The number of nitrogens with one attached hydrogen (secondary N) is 1. The quantitative estimate of drug-likeness (QED) is 0.683. The Labute approximate surface area is 140 Å². The van der Waals surface area contributed by atoms with Gasteiger partial charge in [-0.15, -0.1) is 0 Å². The van der Waals surface area contributed by atoms with Gasteiger partial charge < -0.3 is 15.2 Å². The Morgan fingerprint density at radius 1 is 1.25 bits per heavy atom. The molecule has 0 amide bonds. The van der Waals surface area contributed by atoms with Crippen LogP contribution in [0.2, 0.25) is 0 Å². The van der Waals surface area contributed by atoms with E-state index < -0.39 is 6.10 Å². The Hall–Kier alpha value is -2.15. The topological polar surface area (TPSA) is 77.3 Å². The van der Waals surface area contributed by atoms with E-state index in [1.54, 1.807) is 0 Å². The van der Waals surface area contributed by atoms with Crippen molar-refractivity contribution >= 4 is 10.9 Å². The minimum Gasteiger partial charge on any atom is -0.393 e. The summed E-state index contributed by atoms with van der Waals surface area (Å²) in [4.78, 5) is 5.74. The van der Waals surface area contributed by atoms with Gasteiger partial charge in [0, 0.05) is 37.9 Å². The minimum atomic E-state index is -0.898. The summed E-state index contributed by atoms with van der Waals surface area (Å²) in [5, 5.41) is 24.6. The lowest BCUT2D eigenvalue weighted by atomic mass is 10.1. The highest BCUT2D eigenvalue weighted by atomic mass is 16.3. The fourth-order valence-electron chi connectivity index (χ4n) is 3.46. The van der Waals surface area contributed by atoms with Crippen LogP contribution in [0.15, 0.2) is 36.5 Å². The predicted molar refractivity (Wildman–Crippen MR) is 91.3 cm³/mol. The standard InChI is InChI=1S/C18H22N4O2/c23-12-17(24)16-9-15-11-21(7-2-8-22(15)20-16)10-14-4-1-3-13-5-6-19-18(13)14/h1,3-6,9,17,19,23-24H,2,7-8,10-12H2. The van der Waals surface area contributed by atoms with Gasteiger partial charge >= 0.3 is 0 Å². The summed E-state index contributed by atoms with van der Waals surface area (Å²) in [5.41, 5.74) is 4.14. The maximum Gasteiger partial charge on any atom is 0.121 e. The van der Waals surface area contributed by atoms with Gasteiger partial charge in [0.2, 0.25) is 0 Å². The summed E-state index contributed by atoms with van der Waals surface area (Å²) in [6.07, 6.45) is 2.10. The van der Waals surface area contributed by atoms with Crippen molar-refractivity contribution in [3.05, 3.63) is 53.5 Å². The number of H-pyrrole nitrogens is 1. The molecule has 1 aliphatic rings. The average Bonchev–Trinajstić information content (AvgIpc) is 3.18. The van der Waals surface area contributed by atoms with Gasteiger partial charge in [-0.1, -0.05) is 18.2 Å². The summed E-state index contributed by atoms with van der Waals surface area (Å²) in [7, 11) is 0. The molecule has 1 atom stereocenters. The molecule has 0 saturated carbocycles. The first-order valence-electron chi connectivity index (χ1n) is 8.37. The molecule has 24 heavy (non-hydrogen) atoms. The summed E-state index contributed by atoms with van der Waals surface area (Å²) >= 11 is 0. The number of hydrogen-bond acceptors (Lipinski definition) is 4. The lowest BCUT2D eigenvalue weighted by Crippen LogP contribution is -2.23. The smallest absolute Gasteiger partial charge is 0.121 e. The number of aryl methyl sites for hydroxylation is 1. The van der Waals surface area contributed by atoms with E-state index in [1.165, 1.54) is 16.5 Å². The van der Waals surface area contributed by atoms with Crippen molar-refractivity contribution in [2.24, 2.45) is 0 Å². The third kappa shape index (κ3) is 2.84. The molecule has 6 heteroatoms. The van der Waals surface area contributed by atoms with Gasteiger partial charge in [-0.05, 0) is 29.5 Å². The number of nitrogens with zero attached hydrogens (tertiary/aromatic N) is 3. The molecule has 0 aliphatic carbocycles. The number of rotatable bonds is 4. The van der Waals surface area contributed by atoms with Gasteiger partial charge in [0.25, 0.3) is 0 Å². The molecule has 4 rings (SSSR count). The first-order chi connectivity index (χ1) is 11.7. The van der Waals surface area contributed by atoms with E-state index in [1.807, 2.05) is 16.9 Å². The van der Waals surface area contributed by atoms with E-state index in [9.17, 15) is 5.11 Å². The van der Waals surface area contributed by atoms with E-state index >= 15 is 0 Å². The number of aromatic amines is 1. The minimum absolute atomic E-state index is 0.297. The number of hydrogen-bond donors (Lipinski definition) is 3. The van der Waals surface area contributed by atoms with Crippen LogP contribution in [0.5, 0.6) is 0 Å². The first kappa shape index (κ1) is 15.4. The Morgan fingerprint density at radius 2 is 2.17 bits per heavy atom. The highest BCUT2D eigenvalue weighted by molar-refractivity contribution is 5.82. The molecule has 1 unspecified atom stereocenters. The molecule has 0 fully saturated rings. The monoisotopic (exact) mass is 326 g/mol. The third-order valence-electron chi connectivity index (χ3n) is 4.69. The molecule has 0 saturated heterocycles. The van der Waals surface area contributed by atoms with E-state index in [4.69, 9.17) is 5.11 Å².